The number of likely N-dealkylation sites (tertiary alicyclic amines) is 1. The highest BCUT2D eigenvalue weighted by molar-refractivity contribution is 6.01. The standard InChI is InChI=1S/C31H39N5O6/c1-20(2)28-31(41)35(3)14-15-42-25-11-5-4-10-23(25)29(39)33-24(17-26(37)34-28)30(40)32-18-21-8-6-9-22(16-21)19-36-13-7-12-27(36)38/h4-6,8-11,16,20,24,28H,7,12-15,17-19H2,1-3H3,(H,32,40)(H,33,39)(H,34,37)/t24-,28-/m0/s1. The van der Waals surface area contributed by atoms with Gasteiger partial charge in [0.1, 0.15) is 24.4 Å². The second kappa shape index (κ2) is 14.0. The highest BCUT2D eigenvalue weighted by Gasteiger charge is 2.31. The monoisotopic (exact) mass is 577 g/mol. The van der Waals surface area contributed by atoms with E-state index in [-0.39, 0.29) is 49.4 Å². The SMILES string of the molecule is CC(C)[C@@H]1NC(=O)C[C@@H](C(=O)NCc2cccc(CN3CCCC3=O)c2)NC(=O)c2ccccc2OCCN(C)C1=O. The topological polar surface area (TPSA) is 137 Å². The Morgan fingerprint density at radius 2 is 1.79 bits per heavy atom. The fourth-order valence-corrected chi connectivity index (χ4v) is 5.04. The number of hydrogen-bond donors (Lipinski definition) is 3. The molecule has 2 aromatic rings. The molecule has 0 radical (unpaired) electrons. The van der Waals surface area contributed by atoms with E-state index in [9.17, 15) is 24.0 Å². The summed E-state index contributed by atoms with van der Waals surface area (Å²) in [4.78, 5) is 68.2. The number of carbonyl (C=O) groups is 5. The van der Waals surface area contributed by atoms with Gasteiger partial charge in [0.2, 0.25) is 23.6 Å². The van der Waals surface area contributed by atoms with Crippen LogP contribution in [0.3, 0.4) is 0 Å². The third-order valence-electron chi connectivity index (χ3n) is 7.46. The highest BCUT2D eigenvalue weighted by Crippen LogP contribution is 2.19. The van der Waals surface area contributed by atoms with Gasteiger partial charge in [-0.05, 0) is 35.6 Å². The lowest BCUT2D eigenvalue weighted by atomic mass is 10.0. The molecule has 5 amide bonds. The molecule has 1 saturated heterocycles. The normalized spacial score (nSPS) is 20.4. The number of nitrogens with one attached hydrogen (secondary N) is 3. The van der Waals surface area contributed by atoms with E-state index in [0.29, 0.717) is 18.7 Å². The van der Waals surface area contributed by atoms with Crippen molar-refractivity contribution < 1.29 is 28.7 Å². The number of likely N-dealkylation sites (N-methyl/N-ethyl adjacent to an activating group) is 1. The Hall–Kier alpha value is -4.41. The number of hydrogen-bond acceptors (Lipinski definition) is 6. The molecule has 2 aliphatic heterocycles. The first-order valence-electron chi connectivity index (χ1n) is 14.3. The van der Waals surface area contributed by atoms with Gasteiger partial charge >= 0.3 is 0 Å². The van der Waals surface area contributed by atoms with Crippen molar-refractivity contribution in [3.05, 3.63) is 65.2 Å². The van der Waals surface area contributed by atoms with Gasteiger partial charge in [-0.15, -0.1) is 0 Å². The zero-order valence-electron chi connectivity index (χ0n) is 24.4. The van der Waals surface area contributed by atoms with Gasteiger partial charge in [-0.25, -0.2) is 0 Å². The molecule has 224 valence electrons. The molecule has 4 rings (SSSR count). The molecule has 0 saturated carbocycles. The molecular weight excluding hydrogens is 538 g/mol. The second-order valence-electron chi connectivity index (χ2n) is 11.1. The first-order valence-corrected chi connectivity index (χ1v) is 14.3. The summed E-state index contributed by atoms with van der Waals surface area (Å²) in [5.74, 6) is -1.67. The van der Waals surface area contributed by atoms with Crippen LogP contribution in [0.25, 0.3) is 0 Å². The van der Waals surface area contributed by atoms with Crippen molar-refractivity contribution in [1.82, 2.24) is 25.8 Å². The Labute approximate surface area is 246 Å². The van der Waals surface area contributed by atoms with Gasteiger partial charge in [0, 0.05) is 33.1 Å². The number of para-hydroxylation sites is 1. The zero-order valence-corrected chi connectivity index (χ0v) is 24.4. The molecule has 0 spiro atoms. The lowest BCUT2D eigenvalue weighted by Gasteiger charge is -2.28. The van der Waals surface area contributed by atoms with Crippen LogP contribution in [0, 0.1) is 5.92 Å². The Balaban J connectivity index is 1.52. The van der Waals surface area contributed by atoms with E-state index < -0.39 is 29.8 Å². The quantitative estimate of drug-likeness (QED) is 0.477. The van der Waals surface area contributed by atoms with Crippen LogP contribution in [0.5, 0.6) is 5.75 Å². The van der Waals surface area contributed by atoms with E-state index in [1.807, 2.05) is 43.0 Å². The Morgan fingerprint density at radius 3 is 2.52 bits per heavy atom. The van der Waals surface area contributed by atoms with E-state index >= 15 is 0 Å². The van der Waals surface area contributed by atoms with Gasteiger partial charge in [0.05, 0.1) is 18.5 Å². The molecule has 3 N–H and O–H groups in total. The zero-order chi connectivity index (χ0) is 30.2. The van der Waals surface area contributed by atoms with Gasteiger partial charge in [-0.3, -0.25) is 24.0 Å². The molecule has 11 heteroatoms. The lowest BCUT2D eigenvalue weighted by molar-refractivity contribution is -0.137. The van der Waals surface area contributed by atoms with Gasteiger partial charge in [-0.2, -0.15) is 0 Å². The summed E-state index contributed by atoms with van der Waals surface area (Å²) in [7, 11) is 1.63. The minimum absolute atomic E-state index is 0.136. The summed E-state index contributed by atoms with van der Waals surface area (Å²) in [5.41, 5.74) is 1.98. The Kier molecular flexibility index (Phi) is 10.2. The third kappa shape index (κ3) is 7.86. The van der Waals surface area contributed by atoms with Crippen molar-refractivity contribution in [3.63, 3.8) is 0 Å². The predicted octanol–water partition coefficient (Wildman–Crippen LogP) is 1.61. The van der Waals surface area contributed by atoms with Gasteiger partial charge in [-0.1, -0.05) is 50.2 Å². The van der Waals surface area contributed by atoms with Crippen LogP contribution in [-0.4, -0.2) is 78.2 Å². The number of benzene rings is 2. The largest absolute Gasteiger partial charge is 0.491 e. The van der Waals surface area contributed by atoms with Crippen molar-refractivity contribution in [2.45, 2.75) is 58.3 Å². The Morgan fingerprint density at radius 1 is 1.02 bits per heavy atom. The van der Waals surface area contributed by atoms with E-state index in [0.717, 1.165) is 24.1 Å². The van der Waals surface area contributed by atoms with Crippen molar-refractivity contribution in [2.75, 3.05) is 26.7 Å². The number of rotatable bonds is 6. The van der Waals surface area contributed by atoms with E-state index in [2.05, 4.69) is 16.0 Å². The van der Waals surface area contributed by atoms with Crippen molar-refractivity contribution in [3.8, 4) is 5.75 Å². The summed E-state index contributed by atoms with van der Waals surface area (Å²) < 4.78 is 5.84. The minimum atomic E-state index is -1.21. The molecule has 0 bridgehead atoms. The maximum atomic E-state index is 13.4. The number of amides is 5. The molecule has 0 aliphatic carbocycles. The van der Waals surface area contributed by atoms with Crippen LogP contribution < -0.4 is 20.7 Å². The second-order valence-corrected chi connectivity index (χ2v) is 11.1. The molecule has 42 heavy (non-hydrogen) atoms. The molecule has 0 unspecified atom stereocenters. The first kappa shape index (κ1) is 30.5. The van der Waals surface area contributed by atoms with E-state index in [1.54, 1.807) is 31.3 Å². The van der Waals surface area contributed by atoms with Crippen molar-refractivity contribution in [2.24, 2.45) is 5.92 Å². The first-order chi connectivity index (χ1) is 20.1. The Bertz CT molecular complexity index is 1330. The van der Waals surface area contributed by atoms with E-state index in [1.165, 1.54) is 4.90 Å². The van der Waals surface area contributed by atoms with Crippen molar-refractivity contribution in [1.29, 1.82) is 0 Å². The van der Waals surface area contributed by atoms with Crippen LogP contribution in [0.2, 0.25) is 0 Å². The molecule has 2 aromatic carbocycles. The van der Waals surface area contributed by atoms with Crippen LogP contribution in [0.1, 0.15) is 54.6 Å². The van der Waals surface area contributed by atoms with Gasteiger partial charge in [0.25, 0.3) is 5.91 Å². The fraction of sp³-hybridized carbons (Fsp3) is 0.452. The molecule has 2 aliphatic rings. The maximum absolute atomic E-state index is 13.4. The number of nitrogens with zero attached hydrogens (tertiary/aromatic N) is 2. The predicted molar refractivity (Wildman–Crippen MR) is 155 cm³/mol. The smallest absolute Gasteiger partial charge is 0.255 e. The third-order valence-corrected chi connectivity index (χ3v) is 7.46. The molecule has 2 heterocycles. The summed E-state index contributed by atoms with van der Waals surface area (Å²) in [5, 5.41) is 8.27. The molecule has 11 nitrogen and oxygen atoms in total. The van der Waals surface area contributed by atoms with Crippen LogP contribution in [-0.2, 0) is 32.3 Å². The van der Waals surface area contributed by atoms with E-state index in [4.69, 9.17) is 4.74 Å². The van der Waals surface area contributed by atoms with Crippen molar-refractivity contribution >= 4 is 29.5 Å². The molecule has 0 aromatic heterocycles. The maximum Gasteiger partial charge on any atom is 0.255 e. The molecule has 1 fully saturated rings. The van der Waals surface area contributed by atoms with Gasteiger partial charge in [0.15, 0.2) is 0 Å². The van der Waals surface area contributed by atoms with Crippen LogP contribution in [0.15, 0.2) is 48.5 Å². The lowest BCUT2D eigenvalue weighted by Crippen LogP contribution is -2.54. The summed E-state index contributed by atoms with van der Waals surface area (Å²) >= 11 is 0. The van der Waals surface area contributed by atoms with Crippen LogP contribution in [0.4, 0.5) is 0 Å². The number of carbonyl (C=O) groups excluding carboxylic acids is 5. The molecule has 2 atom stereocenters. The highest BCUT2D eigenvalue weighted by atomic mass is 16.5. The minimum Gasteiger partial charge on any atom is -0.491 e. The number of fused-ring (bicyclic) bond motifs is 1. The van der Waals surface area contributed by atoms with Crippen LogP contribution >= 0.6 is 0 Å². The summed E-state index contributed by atoms with van der Waals surface area (Å²) in [6.45, 7) is 5.45. The fourth-order valence-electron chi connectivity index (χ4n) is 5.04. The number of ether oxygens (including phenoxy) is 1. The molecular formula is C31H39N5O6. The average Bonchev–Trinajstić information content (AvgIpc) is 3.37. The summed E-state index contributed by atoms with van der Waals surface area (Å²) in [6.07, 6.45) is 1.06. The van der Waals surface area contributed by atoms with Gasteiger partial charge < -0.3 is 30.5 Å². The average molecular weight is 578 g/mol. The summed E-state index contributed by atoms with van der Waals surface area (Å²) in [6, 6.07) is 12.2.